The third kappa shape index (κ3) is 3.50. The van der Waals surface area contributed by atoms with E-state index in [2.05, 4.69) is 10.2 Å². The average Bonchev–Trinajstić information content (AvgIpc) is 2.97. The van der Waals surface area contributed by atoms with E-state index >= 15 is 0 Å². The monoisotopic (exact) mass is 381 g/mol. The second-order valence-corrected chi connectivity index (χ2v) is 8.48. The normalized spacial score (nSPS) is 24.2. The maximum atomic E-state index is 13.3. The summed E-state index contributed by atoms with van der Waals surface area (Å²) in [7, 11) is -3.83. The van der Waals surface area contributed by atoms with Crippen LogP contribution in [0.4, 0.5) is 4.39 Å². The van der Waals surface area contributed by atoms with E-state index in [1.54, 1.807) is 0 Å². The predicted octanol–water partition coefficient (Wildman–Crippen LogP) is 1.80. The molecule has 2 heterocycles. The van der Waals surface area contributed by atoms with Gasteiger partial charge in [0.1, 0.15) is 10.7 Å². The van der Waals surface area contributed by atoms with Crippen LogP contribution in [0.5, 0.6) is 0 Å². The molecule has 2 fully saturated rings. The van der Waals surface area contributed by atoms with Crippen molar-refractivity contribution in [2.24, 2.45) is 0 Å². The van der Waals surface area contributed by atoms with E-state index in [9.17, 15) is 12.8 Å². The van der Waals surface area contributed by atoms with Crippen LogP contribution in [0.25, 0.3) is 0 Å². The molecule has 1 aromatic rings. The van der Waals surface area contributed by atoms with E-state index in [0.29, 0.717) is 13.1 Å². The molecule has 0 aromatic heterocycles. The number of benzene rings is 1. The first-order valence-electron chi connectivity index (χ1n) is 7.49. The largest absolute Gasteiger partial charge is 0.314 e. The maximum absolute atomic E-state index is 13.3. The minimum atomic E-state index is -3.83. The van der Waals surface area contributed by atoms with Crippen molar-refractivity contribution in [3.8, 4) is 0 Å². The molecular weight excluding hydrogens is 364 g/mol. The van der Waals surface area contributed by atoms with Gasteiger partial charge in [-0.1, -0.05) is 23.2 Å². The van der Waals surface area contributed by atoms with Crippen LogP contribution in [0, 0.1) is 5.82 Å². The van der Waals surface area contributed by atoms with Gasteiger partial charge in [-0.3, -0.25) is 4.90 Å². The Hall–Kier alpha value is -0.440. The topological polar surface area (TPSA) is 52.7 Å². The Balaban J connectivity index is 1.81. The molecule has 2 saturated heterocycles. The number of nitrogens with zero attached hydrogens (tertiary/aromatic N) is 2. The molecule has 0 saturated carbocycles. The summed E-state index contributed by atoms with van der Waals surface area (Å²) in [5.41, 5.74) is 0. The Bertz CT molecular complexity index is 672. The standard InChI is InChI=1S/C14H18Cl2FN3O2S/c15-12-7-10(17)8-13(16)14(12)23(21,22)20-4-1-11(9-20)19-5-2-18-3-6-19/h7-8,11,18H,1-6,9H2. The number of sulfonamides is 1. The minimum Gasteiger partial charge on any atom is -0.314 e. The molecule has 0 bridgehead atoms. The molecule has 1 unspecified atom stereocenters. The fourth-order valence-electron chi connectivity index (χ4n) is 3.18. The lowest BCUT2D eigenvalue weighted by Gasteiger charge is -2.32. The molecule has 1 aromatic carbocycles. The molecule has 0 spiro atoms. The van der Waals surface area contributed by atoms with E-state index in [1.807, 2.05) is 0 Å². The summed E-state index contributed by atoms with van der Waals surface area (Å²) >= 11 is 11.9. The van der Waals surface area contributed by atoms with Crippen molar-refractivity contribution in [3.63, 3.8) is 0 Å². The first kappa shape index (κ1) is 17.4. The number of halogens is 3. The Morgan fingerprint density at radius 2 is 1.74 bits per heavy atom. The molecule has 2 aliphatic rings. The van der Waals surface area contributed by atoms with Gasteiger partial charge in [0, 0.05) is 45.3 Å². The number of nitrogens with one attached hydrogen (secondary N) is 1. The zero-order chi connectivity index (χ0) is 16.6. The zero-order valence-electron chi connectivity index (χ0n) is 12.4. The van der Waals surface area contributed by atoms with Crippen LogP contribution in [-0.2, 0) is 10.0 Å². The van der Waals surface area contributed by atoms with E-state index < -0.39 is 15.8 Å². The predicted molar refractivity (Wildman–Crippen MR) is 88.0 cm³/mol. The SMILES string of the molecule is O=S(=O)(c1c(Cl)cc(F)cc1Cl)N1CCC(N2CCNCC2)C1. The third-order valence-electron chi connectivity index (χ3n) is 4.36. The van der Waals surface area contributed by atoms with Crippen LogP contribution < -0.4 is 5.32 Å². The summed E-state index contributed by atoms with van der Waals surface area (Å²) in [5, 5.41) is 2.92. The smallest absolute Gasteiger partial charge is 0.246 e. The first-order chi connectivity index (χ1) is 10.9. The van der Waals surface area contributed by atoms with Gasteiger partial charge in [-0.15, -0.1) is 0 Å². The lowest BCUT2D eigenvalue weighted by atomic mass is 10.2. The summed E-state index contributed by atoms with van der Waals surface area (Å²) in [4.78, 5) is 2.10. The summed E-state index contributed by atoms with van der Waals surface area (Å²) in [6.45, 7) is 4.48. The van der Waals surface area contributed by atoms with Crippen LogP contribution in [-0.4, -0.2) is 62.9 Å². The molecule has 9 heteroatoms. The molecule has 0 radical (unpaired) electrons. The quantitative estimate of drug-likeness (QED) is 0.867. The summed E-state index contributed by atoms with van der Waals surface area (Å²) < 4.78 is 40.3. The van der Waals surface area contributed by atoms with Crippen LogP contribution in [0.15, 0.2) is 17.0 Å². The number of rotatable bonds is 3. The third-order valence-corrected chi connectivity index (χ3v) is 7.14. The van der Waals surface area contributed by atoms with Crippen LogP contribution in [0.2, 0.25) is 10.0 Å². The minimum absolute atomic E-state index is 0.180. The van der Waals surface area contributed by atoms with Gasteiger partial charge in [0.15, 0.2) is 0 Å². The second kappa shape index (κ2) is 6.82. The molecule has 1 atom stereocenters. The van der Waals surface area contributed by atoms with Gasteiger partial charge in [-0.25, -0.2) is 12.8 Å². The average molecular weight is 382 g/mol. The Morgan fingerprint density at radius 3 is 2.35 bits per heavy atom. The molecule has 0 aliphatic carbocycles. The van der Waals surface area contributed by atoms with Crippen molar-refractivity contribution in [1.29, 1.82) is 0 Å². The highest BCUT2D eigenvalue weighted by atomic mass is 35.5. The fraction of sp³-hybridized carbons (Fsp3) is 0.571. The van der Waals surface area contributed by atoms with Crippen LogP contribution >= 0.6 is 23.2 Å². The summed E-state index contributed by atoms with van der Waals surface area (Å²) in [6, 6.07) is 2.15. The second-order valence-electron chi connectivity index (χ2n) is 5.79. The van der Waals surface area contributed by atoms with Crippen LogP contribution in [0.1, 0.15) is 6.42 Å². The van der Waals surface area contributed by atoms with Crippen molar-refractivity contribution < 1.29 is 12.8 Å². The summed E-state index contributed by atoms with van der Waals surface area (Å²) in [5.74, 6) is -0.654. The summed E-state index contributed by atoms with van der Waals surface area (Å²) in [6.07, 6.45) is 0.773. The Morgan fingerprint density at radius 1 is 1.13 bits per heavy atom. The van der Waals surface area contributed by atoms with Gasteiger partial charge in [0.05, 0.1) is 10.0 Å². The fourth-order valence-corrected chi connectivity index (χ4v) is 5.81. The van der Waals surface area contributed by atoms with Crippen molar-refractivity contribution in [1.82, 2.24) is 14.5 Å². The molecular formula is C14H18Cl2FN3O2S. The van der Waals surface area contributed by atoms with E-state index in [0.717, 1.165) is 44.7 Å². The van der Waals surface area contributed by atoms with Crippen molar-refractivity contribution in [3.05, 3.63) is 28.0 Å². The number of piperazine rings is 1. The van der Waals surface area contributed by atoms with Gasteiger partial charge < -0.3 is 5.32 Å². The van der Waals surface area contributed by atoms with Gasteiger partial charge in [0.2, 0.25) is 10.0 Å². The van der Waals surface area contributed by atoms with Crippen molar-refractivity contribution >= 4 is 33.2 Å². The molecule has 23 heavy (non-hydrogen) atoms. The highest BCUT2D eigenvalue weighted by Crippen LogP contribution is 2.34. The number of hydrogen-bond acceptors (Lipinski definition) is 4. The molecule has 128 valence electrons. The highest BCUT2D eigenvalue weighted by molar-refractivity contribution is 7.89. The lowest BCUT2D eigenvalue weighted by Crippen LogP contribution is -2.49. The molecule has 5 nitrogen and oxygen atoms in total. The lowest BCUT2D eigenvalue weighted by molar-refractivity contribution is 0.179. The zero-order valence-corrected chi connectivity index (χ0v) is 14.8. The van der Waals surface area contributed by atoms with E-state index in [-0.39, 0.29) is 21.0 Å². The van der Waals surface area contributed by atoms with Gasteiger partial charge in [-0.05, 0) is 18.6 Å². The Kier molecular flexibility index (Phi) is 5.15. The first-order valence-corrected chi connectivity index (χ1v) is 9.68. The van der Waals surface area contributed by atoms with Crippen LogP contribution in [0.3, 0.4) is 0 Å². The molecule has 1 N–H and O–H groups in total. The van der Waals surface area contributed by atoms with Crippen molar-refractivity contribution in [2.45, 2.75) is 17.4 Å². The molecule has 2 aliphatic heterocycles. The number of hydrogen-bond donors (Lipinski definition) is 1. The van der Waals surface area contributed by atoms with Gasteiger partial charge in [-0.2, -0.15) is 4.31 Å². The Labute approximate surface area is 145 Å². The molecule has 3 rings (SSSR count). The maximum Gasteiger partial charge on any atom is 0.246 e. The van der Waals surface area contributed by atoms with Gasteiger partial charge in [0.25, 0.3) is 0 Å². The highest BCUT2D eigenvalue weighted by Gasteiger charge is 2.37. The van der Waals surface area contributed by atoms with E-state index in [1.165, 1.54) is 4.31 Å². The molecule has 0 amide bonds. The van der Waals surface area contributed by atoms with E-state index in [4.69, 9.17) is 23.2 Å². The van der Waals surface area contributed by atoms with Crippen molar-refractivity contribution in [2.75, 3.05) is 39.3 Å². The van der Waals surface area contributed by atoms with Gasteiger partial charge >= 0.3 is 0 Å².